The number of hydrogen-bond donors (Lipinski definition) is 2. The summed E-state index contributed by atoms with van der Waals surface area (Å²) < 4.78 is 1.95. The van der Waals surface area contributed by atoms with Gasteiger partial charge >= 0.3 is 0 Å². The van der Waals surface area contributed by atoms with Crippen LogP contribution in [0.2, 0.25) is 0 Å². The van der Waals surface area contributed by atoms with E-state index in [4.69, 9.17) is 5.73 Å². The lowest BCUT2D eigenvalue weighted by atomic mass is 10.1. The number of benzene rings is 1. The van der Waals surface area contributed by atoms with Crippen LogP contribution in [0.3, 0.4) is 0 Å². The molecule has 3 N–H and O–H groups in total. The topological polar surface area (TPSA) is 90.0 Å². The van der Waals surface area contributed by atoms with Crippen LogP contribution in [0.5, 0.6) is 0 Å². The monoisotopic (exact) mass is 322 g/mol. The Kier molecular flexibility index (Phi) is 4.29. The molecular formula is C18H18N4O2. The van der Waals surface area contributed by atoms with Crippen molar-refractivity contribution >= 4 is 22.7 Å². The summed E-state index contributed by atoms with van der Waals surface area (Å²) in [6, 6.07) is 13.5. The van der Waals surface area contributed by atoms with Crippen molar-refractivity contribution in [2.24, 2.45) is 12.8 Å². The van der Waals surface area contributed by atoms with Crippen LogP contribution in [0.1, 0.15) is 16.9 Å². The van der Waals surface area contributed by atoms with E-state index >= 15 is 0 Å². The van der Waals surface area contributed by atoms with E-state index in [-0.39, 0.29) is 18.9 Å². The molecule has 0 saturated heterocycles. The lowest BCUT2D eigenvalue weighted by molar-refractivity contribution is -0.117. The van der Waals surface area contributed by atoms with Gasteiger partial charge < -0.3 is 15.6 Å². The highest BCUT2D eigenvalue weighted by Gasteiger charge is 2.16. The molecule has 122 valence electrons. The SMILES string of the molecule is Cn1ccc2c(C(=O)NCCC(N)=O)nc(-c3ccccc3)cc21. The largest absolute Gasteiger partial charge is 0.370 e. The first kappa shape index (κ1) is 15.7. The molecule has 0 unspecified atom stereocenters. The summed E-state index contributed by atoms with van der Waals surface area (Å²) in [6.07, 6.45) is 1.99. The maximum absolute atomic E-state index is 12.5. The van der Waals surface area contributed by atoms with Gasteiger partial charge in [0, 0.05) is 37.2 Å². The van der Waals surface area contributed by atoms with Crippen molar-refractivity contribution in [3.05, 3.63) is 54.4 Å². The quantitative estimate of drug-likeness (QED) is 0.751. The third kappa shape index (κ3) is 3.12. The van der Waals surface area contributed by atoms with E-state index < -0.39 is 5.91 Å². The van der Waals surface area contributed by atoms with E-state index in [9.17, 15) is 9.59 Å². The van der Waals surface area contributed by atoms with Crippen molar-refractivity contribution < 1.29 is 9.59 Å². The Morgan fingerprint density at radius 1 is 1.21 bits per heavy atom. The maximum Gasteiger partial charge on any atom is 0.270 e. The van der Waals surface area contributed by atoms with E-state index in [1.165, 1.54) is 0 Å². The standard InChI is InChI=1S/C18H18N4O2/c1-22-10-8-13-15(22)11-14(12-5-3-2-4-6-12)21-17(13)18(24)20-9-7-16(19)23/h2-6,8,10-11H,7,9H2,1H3,(H2,19,23)(H,20,24). The van der Waals surface area contributed by atoms with Crippen molar-refractivity contribution in [2.45, 2.75) is 6.42 Å². The van der Waals surface area contributed by atoms with Gasteiger partial charge in [0.25, 0.3) is 5.91 Å². The number of primary amides is 1. The third-order valence-electron chi connectivity index (χ3n) is 3.82. The van der Waals surface area contributed by atoms with Gasteiger partial charge in [-0.05, 0) is 12.1 Å². The minimum absolute atomic E-state index is 0.0993. The molecule has 0 saturated carbocycles. The van der Waals surface area contributed by atoms with Gasteiger partial charge in [0.05, 0.1) is 11.2 Å². The van der Waals surface area contributed by atoms with Gasteiger partial charge in [-0.15, -0.1) is 0 Å². The first-order chi connectivity index (χ1) is 11.6. The van der Waals surface area contributed by atoms with Gasteiger partial charge in [-0.25, -0.2) is 4.98 Å². The Morgan fingerprint density at radius 3 is 2.67 bits per heavy atom. The van der Waals surface area contributed by atoms with Crippen LogP contribution >= 0.6 is 0 Å². The first-order valence-corrected chi connectivity index (χ1v) is 7.64. The van der Waals surface area contributed by atoms with Crippen LogP contribution in [-0.4, -0.2) is 27.9 Å². The Hall–Kier alpha value is -3.15. The molecule has 0 fully saturated rings. The molecule has 2 heterocycles. The number of carbonyl (C=O) groups excluding carboxylic acids is 2. The Bertz CT molecular complexity index is 900. The molecule has 2 amide bonds. The predicted octanol–water partition coefficient (Wildman–Crippen LogP) is 1.85. The van der Waals surface area contributed by atoms with Crippen LogP contribution in [0.25, 0.3) is 22.2 Å². The summed E-state index contributed by atoms with van der Waals surface area (Å²) in [4.78, 5) is 27.9. The smallest absolute Gasteiger partial charge is 0.270 e. The normalized spacial score (nSPS) is 10.7. The molecule has 2 aromatic heterocycles. The number of amides is 2. The number of rotatable bonds is 5. The van der Waals surface area contributed by atoms with E-state index in [2.05, 4.69) is 10.3 Å². The Balaban J connectivity index is 2.02. The van der Waals surface area contributed by atoms with Crippen LogP contribution < -0.4 is 11.1 Å². The third-order valence-corrected chi connectivity index (χ3v) is 3.82. The number of pyridine rings is 1. The van der Waals surface area contributed by atoms with Gasteiger partial charge in [-0.2, -0.15) is 0 Å². The molecule has 24 heavy (non-hydrogen) atoms. The molecule has 1 aromatic carbocycles. The molecule has 6 nitrogen and oxygen atoms in total. The van der Waals surface area contributed by atoms with Gasteiger partial charge in [-0.1, -0.05) is 30.3 Å². The number of nitrogens with two attached hydrogens (primary N) is 1. The minimum Gasteiger partial charge on any atom is -0.370 e. The van der Waals surface area contributed by atoms with E-state index in [1.54, 1.807) is 0 Å². The second-order valence-corrected chi connectivity index (χ2v) is 5.55. The lowest BCUT2D eigenvalue weighted by Gasteiger charge is -2.09. The highest BCUT2D eigenvalue weighted by Crippen LogP contribution is 2.25. The van der Waals surface area contributed by atoms with E-state index in [1.807, 2.05) is 60.3 Å². The van der Waals surface area contributed by atoms with Crippen molar-refractivity contribution in [3.63, 3.8) is 0 Å². The number of aryl methyl sites for hydroxylation is 1. The summed E-state index contributed by atoms with van der Waals surface area (Å²) in [6.45, 7) is 0.194. The summed E-state index contributed by atoms with van der Waals surface area (Å²) >= 11 is 0. The van der Waals surface area contributed by atoms with E-state index in [0.29, 0.717) is 5.69 Å². The fourth-order valence-corrected chi connectivity index (χ4v) is 2.58. The highest BCUT2D eigenvalue weighted by molar-refractivity contribution is 6.05. The second kappa shape index (κ2) is 6.54. The lowest BCUT2D eigenvalue weighted by Crippen LogP contribution is -2.28. The van der Waals surface area contributed by atoms with Gasteiger partial charge in [-0.3, -0.25) is 9.59 Å². The van der Waals surface area contributed by atoms with Gasteiger partial charge in [0.1, 0.15) is 5.69 Å². The van der Waals surface area contributed by atoms with Crippen LogP contribution in [0, 0.1) is 0 Å². The average Bonchev–Trinajstić information content (AvgIpc) is 2.95. The van der Waals surface area contributed by atoms with Crippen molar-refractivity contribution in [3.8, 4) is 11.3 Å². The zero-order chi connectivity index (χ0) is 17.1. The summed E-state index contributed by atoms with van der Waals surface area (Å²) in [5.74, 6) is -0.767. The molecule has 0 radical (unpaired) electrons. The van der Waals surface area contributed by atoms with Gasteiger partial charge in [0.15, 0.2) is 0 Å². The molecule has 3 aromatic rings. The molecule has 0 atom stereocenters. The van der Waals surface area contributed by atoms with Crippen LogP contribution in [0.4, 0.5) is 0 Å². The fraction of sp³-hybridized carbons (Fsp3) is 0.167. The zero-order valence-corrected chi connectivity index (χ0v) is 13.3. The van der Waals surface area contributed by atoms with Crippen LogP contribution in [-0.2, 0) is 11.8 Å². The molecule has 6 heteroatoms. The summed E-state index contributed by atoms with van der Waals surface area (Å²) in [5, 5.41) is 3.47. The number of fused-ring (bicyclic) bond motifs is 1. The highest BCUT2D eigenvalue weighted by atomic mass is 16.2. The Morgan fingerprint density at radius 2 is 1.96 bits per heavy atom. The maximum atomic E-state index is 12.5. The number of carbonyl (C=O) groups is 2. The fourth-order valence-electron chi connectivity index (χ4n) is 2.58. The first-order valence-electron chi connectivity index (χ1n) is 7.64. The Labute approximate surface area is 139 Å². The number of aromatic nitrogens is 2. The minimum atomic E-state index is -0.453. The summed E-state index contributed by atoms with van der Waals surface area (Å²) in [7, 11) is 1.92. The molecule has 0 spiro atoms. The molecule has 0 aliphatic rings. The van der Waals surface area contributed by atoms with E-state index in [0.717, 1.165) is 22.2 Å². The average molecular weight is 322 g/mol. The predicted molar refractivity (Wildman–Crippen MR) is 92.3 cm³/mol. The molecular weight excluding hydrogens is 304 g/mol. The summed E-state index contributed by atoms with van der Waals surface area (Å²) in [5.41, 5.74) is 8.03. The molecule has 3 rings (SSSR count). The van der Waals surface area contributed by atoms with Crippen molar-refractivity contribution in [2.75, 3.05) is 6.54 Å². The molecule has 0 aliphatic heterocycles. The van der Waals surface area contributed by atoms with Crippen molar-refractivity contribution in [1.82, 2.24) is 14.9 Å². The van der Waals surface area contributed by atoms with Gasteiger partial charge in [0.2, 0.25) is 5.91 Å². The second-order valence-electron chi connectivity index (χ2n) is 5.55. The molecule has 0 bridgehead atoms. The zero-order valence-electron chi connectivity index (χ0n) is 13.3. The van der Waals surface area contributed by atoms with Crippen molar-refractivity contribution in [1.29, 1.82) is 0 Å². The van der Waals surface area contributed by atoms with Crippen LogP contribution in [0.15, 0.2) is 48.7 Å². The number of nitrogens with one attached hydrogen (secondary N) is 1. The molecule has 0 aliphatic carbocycles. The number of hydrogen-bond acceptors (Lipinski definition) is 3. The number of nitrogens with zero attached hydrogens (tertiary/aromatic N) is 2.